The fourth-order valence-electron chi connectivity index (χ4n) is 4.12. The van der Waals surface area contributed by atoms with E-state index >= 15 is 0 Å². The fraction of sp³-hybridized carbons (Fsp3) is 0.500. The lowest BCUT2D eigenvalue weighted by atomic mass is 9.72. The van der Waals surface area contributed by atoms with Gasteiger partial charge in [-0.25, -0.2) is 0 Å². The summed E-state index contributed by atoms with van der Waals surface area (Å²) < 4.78 is 0. The van der Waals surface area contributed by atoms with E-state index in [1.807, 2.05) is 11.8 Å². The van der Waals surface area contributed by atoms with Crippen LogP contribution in [0.4, 0.5) is 0 Å². The van der Waals surface area contributed by atoms with Crippen LogP contribution in [0.5, 0.6) is 0 Å². The van der Waals surface area contributed by atoms with E-state index < -0.39 is 5.41 Å². The Morgan fingerprint density at radius 1 is 1.14 bits per heavy atom. The Kier molecular flexibility index (Phi) is 7.12. The van der Waals surface area contributed by atoms with E-state index in [0.29, 0.717) is 32.0 Å². The number of nitrogens with one attached hydrogen (secondary N) is 1. The summed E-state index contributed by atoms with van der Waals surface area (Å²) in [6, 6.07) is 12.8. The van der Waals surface area contributed by atoms with Gasteiger partial charge in [0.05, 0.1) is 5.41 Å². The molecular formula is C24H32N2O2S. The average molecular weight is 413 g/mol. The maximum Gasteiger partial charge on any atom is 0.226 e. The first kappa shape index (κ1) is 21.6. The Morgan fingerprint density at radius 2 is 1.83 bits per heavy atom. The van der Waals surface area contributed by atoms with Gasteiger partial charge in [0.2, 0.25) is 11.8 Å². The van der Waals surface area contributed by atoms with E-state index in [0.717, 1.165) is 19.3 Å². The topological polar surface area (TPSA) is 49.4 Å². The van der Waals surface area contributed by atoms with Gasteiger partial charge < -0.3 is 10.2 Å². The Bertz CT molecular complexity index is 804. The van der Waals surface area contributed by atoms with Crippen molar-refractivity contribution in [2.45, 2.75) is 46.5 Å². The van der Waals surface area contributed by atoms with Gasteiger partial charge in [0.25, 0.3) is 0 Å². The minimum Gasteiger partial charge on any atom is -0.356 e. The smallest absolute Gasteiger partial charge is 0.226 e. The minimum atomic E-state index is -0.435. The van der Waals surface area contributed by atoms with Gasteiger partial charge in [0.15, 0.2) is 0 Å². The minimum absolute atomic E-state index is 0.123. The zero-order valence-electron chi connectivity index (χ0n) is 17.7. The molecule has 0 unspecified atom stereocenters. The summed E-state index contributed by atoms with van der Waals surface area (Å²) in [5.41, 5.74) is 1.96. The first-order valence-corrected chi connectivity index (χ1v) is 11.5. The van der Waals surface area contributed by atoms with Gasteiger partial charge in [-0.05, 0) is 54.7 Å². The Balaban J connectivity index is 1.73. The molecule has 0 radical (unpaired) electrons. The van der Waals surface area contributed by atoms with Gasteiger partial charge in [-0.3, -0.25) is 9.59 Å². The number of hydrogen-bond donors (Lipinski definition) is 1. The average Bonchev–Trinajstić information content (AvgIpc) is 3.23. The summed E-state index contributed by atoms with van der Waals surface area (Å²) in [5.74, 6) is 0.697. The first-order valence-electron chi connectivity index (χ1n) is 10.6. The van der Waals surface area contributed by atoms with Gasteiger partial charge in [-0.2, -0.15) is 0 Å². The van der Waals surface area contributed by atoms with Crippen molar-refractivity contribution in [2.75, 3.05) is 19.6 Å². The van der Waals surface area contributed by atoms with Crippen molar-refractivity contribution in [3.63, 3.8) is 0 Å². The summed E-state index contributed by atoms with van der Waals surface area (Å²) in [7, 11) is 0. The SMILES string of the molecule is CCNC(=O)C1(Cc2ccc(-c3cccs3)cc2)CCN(C(=O)CC(C)C)CC1. The molecule has 1 fully saturated rings. The Hall–Kier alpha value is -2.14. The molecule has 0 bridgehead atoms. The fourth-order valence-corrected chi connectivity index (χ4v) is 4.85. The van der Waals surface area contributed by atoms with Crippen molar-refractivity contribution in [1.29, 1.82) is 0 Å². The number of amides is 2. The molecule has 0 atom stereocenters. The lowest BCUT2D eigenvalue weighted by Crippen LogP contribution is -2.51. The van der Waals surface area contributed by atoms with E-state index in [1.54, 1.807) is 11.3 Å². The summed E-state index contributed by atoms with van der Waals surface area (Å²) in [5, 5.41) is 5.13. The molecule has 0 spiro atoms. The van der Waals surface area contributed by atoms with E-state index in [-0.39, 0.29) is 11.8 Å². The number of carbonyl (C=O) groups is 2. The van der Waals surface area contributed by atoms with Crippen LogP contribution in [0, 0.1) is 11.3 Å². The number of benzene rings is 1. The van der Waals surface area contributed by atoms with Gasteiger partial charge in [-0.1, -0.05) is 44.2 Å². The van der Waals surface area contributed by atoms with Crippen LogP contribution in [0.2, 0.25) is 0 Å². The highest BCUT2D eigenvalue weighted by Gasteiger charge is 2.42. The second-order valence-electron chi connectivity index (χ2n) is 8.47. The number of likely N-dealkylation sites (tertiary alicyclic amines) is 1. The molecule has 29 heavy (non-hydrogen) atoms. The van der Waals surface area contributed by atoms with Crippen molar-refractivity contribution in [1.82, 2.24) is 10.2 Å². The van der Waals surface area contributed by atoms with E-state index in [2.05, 4.69) is 60.9 Å². The predicted molar refractivity (Wildman–Crippen MR) is 120 cm³/mol. The molecule has 1 aliphatic rings. The largest absolute Gasteiger partial charge is 0.356 e. The molecule has 1 aromatic heterocycles. The molecule has 1 N–H and O–H groups in total. The summed E-state index contributed by atoms with van der Waals surface area (Å²) in [4.78, 5) is 28.7. The predicted octanol–water partition coefficient (Wildman–Crippen LogP) is 4.75. The highest BCUT2D eigenvalue weighted by molar-refractivity contribution is 7.13. The lowest BCUT2D eigenvalue weighted by Gasteiger charge is -2.41. The van der Waals surface area contributed by atoms with Crippen LogP contribution in [0.3, 0.4) is 0 Å². The molecular weight excluding hydrogens is 380 g/mol. The molecule has 1 saturated heterocycles. The zero-order chi connectivity index (χ0) is 20.9. The van der Waals surface area contributed by atoms with Gasteiger partial charge in [0, 0.05) is 30.9 Å². The molecule has 2 amide bonds. The monoisotopic (exact) mass is 412 g/mol. The van der Waals surface area contributed by atoms with Gasteiger partial charge >= 0.3 is 0 Å². The second kappa shape index (κ2) is 9.57. The molecule has 2 heterocycles. The van der Waals surface area contributed by atoms with E-state index in [1.165, 1.54) is 16.0 Å². The number of hydrogen-bond acceptors (Lipinski definition) is 3. The number of carbonyl (C=O) groups excluding carboxylic acids is 2. The van der Waals surface area contributed by atoms with Crippen LogP contribution >= 0.6 is 11.3 Å². The maximum atomic E-state index is 13.0. The van der Waals surface area contributed by atoms with Crippen LogP contribution in [0.1, 0.15) is 45.6 Å². The quantitative estimate of drug-likeness (QED) is 0.713. The lowest BCUT2D eigenvalue weighted by molar-refractivity contribution is -0.141. The third-order valence-corrected chi connectivity index (χ3v) is 6.70. The molecule has 0 aliphatic carbocycles. The van der Waals surface area contributed by atoms with Crippen molar-refractivity contribution in [3.05, 3.63) is 47.3 Å². The number of thiophene rings is 1. The summed E-state index contributed by atoms with van der Waals surface area (Å²) in [6.07, 6.45) is 2.73. The van der Waals surface area contributed by atoms with Crippen molar-refractivity contribution in [2.24, 2.45) is 11.3 Å². The molecule has 2 aromatic rings. The standard InChI is InChI=1S/C24H32N2O2S/c1-4-25-23(28)24(11-13-26(14-12-24)22(27)16-18(2)3)17-19-7-9-20(10-8-19)21-6-5-15-29-21/h5-10,15,18H,4,11-14,16-17H2,1-3H3,(H,25,28). The van der Waals surface area contributed by atoms with Crippen LogP contribution < -0.4 is 5.32 Å². The van der Waals surface area contributed by atoms with Crippen LogP contribution in [-0.2, 0) is 16.0 Å². The van der Waals surface area contributed by atoms with E-state index in [4.69, 9.17) is 0 Å². The van der Waals surface area contributed by atoms with Crippen molar-refractivity contribution < 1.29 is 9.59 Å². The van der Waals surface area contributed by atoms with Crippen molar-refractivity contribution >= 4 is 23.2 Å². The molecule has 156 valence electrons. The van der Waals surface area contributed by atoms with Gasteiger partial charge in [-0.15, -0.1) is 11.3 Å². The summed E-state index contributed by atoms with van der Waals surface area (Å²) in [6.45, 7) is 8.06. The van der Waals surface area contributed by atoms with Crippen LogP contribution in [0.25, 0.3) is 10.4 Å². The van der Waals surface area contributed by atoms with Crippen LogP contribution in [-0.4, -0.2) is 36.3 Å². The normalized spacial score (nSPS) is 16.1. The Labute approximate surface area is 178 Å². The highest BCUT2D eigenvalue weighted by atomic mass is 32.1. The third-order valence-electron chi connectivity index (χ3n) is 5.78. The highest BCUT2D eigenvalue weighted by Crippen LogP contribution is 2.36. The molecule has 1 aliphatic heterocycles. The third kappa shape index (κ3) is 5.27. The van der Waals surface area contributed by atoms with Gasteiger partial charge in [0.1, 0.15) is 0 Å². The van der Waals surface area contributed by atoms with Crippen molar-refractivity contribution in [3.8, 4) is 10.4 Å². The second-order valence-corrected chi connectivity index (χ2v) is 9.42. The number of rotatable bonds is 7. The zero-order valence-corrected chi connectivity index (χ0v) is 18.6. The first-order chi connectivity index (χ1) is 13.9. The molecule has 1 aromatic carbocycles. The van der Waals surface area contributed by atoms with E-state index in [9.17, 15) is 9.59 Å². The maximum absolute atomic E-state index is 13.0. The summed E-state index contributed by atoms with van der Waals surface area (Å²) >= 11 is 1.73. The molecule has 3 rings (SSSR count). The molecule has 5 heteroatoms. The molecule has 4 nitrogen and oxygen atoms in total. The Morgan fingerprint density at radius 3 is 2.38 bits per heavy atom. The molecule has 0 saturated carbocycles. The number of piperidine rings is 1. The van der Waals surface area contributed by atoms with Crippen LogP contribution in [0.15, 0.2) is 41.8 Å². The number of nitrogens with zero attached hydrogens (tertiary/aromatic N) is 1.